The summed E-state index contributed by atoms with van der Waals surface area (Å²) in [5.41, 5.74) is 4.47. The van der Waals surface area contributed by atoms with Gasteiger partial charge in [-0.2, -0.15) is 0 Å². The molecule has 3 rings (SSSR count). The molecule has 0 aromatic heterocycles. The molecule has 0 saturated carbocycles. The second-order valence-corrected chi connectivity index (χ2v) is 6.05. The summed E-state index contributed by atoms with van der Waals surface area (Å²) in [7, 11) is 3.33. The Bertz CT molecular complexity index is 867. The van der Waals surface area contributed by atoms with E-state index in [1.54, 1.807) is 14.2 Å². The minimum absolute atomic E-state index is 0.767. The van der Waals surface area contributed by atoms with Crippen LogP contribution in [0.5, 0.6) is 23.0 Å². The third-order valence-corrected chi connectivity index (χ3v) is 3.97. The van der Waals surface area contributed by atoms with Crippen LogP contribution in [-0.2, 0) is 0 Å². The first-order valence-corrected chi connectivity index (χ1v) is 8.17. The summed E-state index contributed by atoms with van der Waals surface area (Å²) in [6.45, 7) is 4.09. The average Bonchev–Trinajstić information content (AvgIpc) is 2.60. The van der Waals surface area contributed by atoms with Gasteiger partial charge in [-0.3, -0.25) is 0 Å². The third-order valence-electron chi connectivity index (χ3n) is 3.97. The van der Waals surface area contributed by atoms with Crippen LogP contribution in [0.25, 0.3) is 11.1 Å². The fourth-order valence-corrected chi connectivity index (χ4v) is 2.78. The summed E-state index contributed by atoms with van der Waals surface area (Å²) in [6.07, 6.45) is 0. The van der Waals surface area contributed by atoms with E-state index in [1.807, 2.05) is 61.5 Å². The first kappa shape index (κ1) is 16.9. The Balaban J connectivity index is 1.92. The van der Waals surface area contributed by atoms with Crippen LogP contribution in [0.3, 0.4) is 0 Å². The van der Waals surface area contributed by atoms with Gasteiger partial charge in [0, 0.05) is 6.07 Å². The van der Waals surface area contributed by atoms with Gasteiger partial charge in [-0.05, 0) is 72.5 Å². The molecule has 25 heavy (non-hydrogen) atoms. The van der Waals surface area contributed by atoms with Gasteiger partial charge in [0.25, 0.3) is 0 Å². The van der Waals surface area contributed by atoms with Crippen LogP contribution < -0.4 is 14.2 Å². The van der Waals surface area contributed by atoms with Crippen LogP contribution in [0.1, 0.15) is 11.1 Å². The van der Waals surface area contributed by atoms with Crippen LogP contribution in [0.4, 0.5) is 0 Å². The quantitative estimate of drug-likeness (QED) is 0.592. The van der Waals surface area contributed by atoms with Crippen LogP contribution in [-0.4, -0.2) is 14.2 Å². The predicted octanol–water partition coefficient (Wildman–Crippen LogP) is 5.78. The lowest BCUT2D eigenvalue weighted by Crippen LogP contribution is -1.90. The Morgan fingerprint density at radius 2 is 1.08 bits per heavy atom. The van der Waals surface area contributed by atoms with Crippen LogP contribution >= 0.6 is 0 Å². The van der Waals surface area contributed by atoms with E-state index in [9.17, 15) is 0 Å². The Labute approximate surface area is 148 Å². The number of aryl methyl sites for hydroxylation is 2. The maximum Gasteiger partial charge on any atom is 0.131 e. The maximum absolute atomic E-state index is 6.08. The van der Waals surface area contributed by atoms with Crippen molar-refractivity contribution in [2.45, 2.75) is 13.8 Å². The fourth-order valence-electron chi connectivity index (χ4n) is 2.78. The summed E-state index contributed by atoms with van der Waals surface area (Å²) in [4.78, 5) is 0. The fraction of sp³-hybridized carbons (Fsp3) is 0.182. The molecular formula is C22H22O3. The molecule has 128 valence electrons. The van der Waals surface area contributed by atoms with Crippen molar-refractivity contribution in [2.24, 2.45) is 0 Å². The molecule has 3 aromatic rings. The van der Waals surface area contributed by atoms with Crippen molar-refractivity contribution in [1.82, 2.24) is 0 Å². The summed E-state index contributed by atoms with van der Waals surface area (Å²) in [5, 5.41) is 0. The summed E-state index contributed by atoms with van der Waals surface area (Å²) in [5.74, 6) is 3.21. The highest BCUT2D eigenvalue weighted by Gasteiger charge is 2.06. The lowest BCUT2D eigenvalue weighted by molar-refractivity contribution is 0.408. The molecular weight excluding hydrogens is 312 g/mol. The summed E-state index contributed by atoms with van der Waals surface area (Å²) in [6, 6.07) is 20.1. The highest BCUT2D eigenvalue weighted by Crippen LogP contribution is 2.32. The zero-order chi connectivity index (χ0) is 17.8. The van der Waals surface area contributed by atoms with Gasteiger partial charge in [0.05, 0.1) is 14.2 Å². The number of hydrogen-bond donors (Lipinski definition) is 0. The number of benzene rings is 3. The van der Waals surface area contributed by atoms with Gasteiger partial charge >= 0.3 is 0 Å². The molecule has 0 amide bonds. The van der Waals surface area contributed by atoms with Crippen molar-refractivity contribution in [3.8, 4) is 34.1 Å². The minimum atomic E-state index is 0.767. The van der Waals surface area contributed by atoms with Gasteiger partial charge in [0.15, 0.2) is 0 Å². The van der Waals surface area contributed by atoms with E-state index >= 15 is 0 Å². The van der Waals surface area contributed by atoms with Crippen molar-refractivity contribution in [2.75, 3.05) is 14.2 Å². The van der Waals surface area contributed by atoms with E-state index in [-0.39, 0.29) is 0 Å². The monoisotopic (exact) mass is 334 g/mol. The summed E-state index contributed by atoms with van der Waals surface area (Å²) >= 11 is 0. The Morgan fingerprint density at radius 1 is 0.520 bits per heavy atom. The van der Waals surface area contributed by atoms with Gasteiger partial charge in [-0.15, -0.1) is 0 Å². The predicted molar refractivity (Wildman–Crippen MR) is 101 cm³/mol. The van der Waals surface area contributed by atoms with Gasteiger partial charge in [0.2, 0.25) is 0 Å². The van der Waals surface area contributed by atoms with E-state index < -0.39 is 0 Å². The van der Waals surface area contributed by atoms with Crippen molar-refractivity contribution in [1.29, 1.82) is 0 Å². The second kappa shape index (κ2) is 7.31. The van der Waals surface area contributed by atoms with E-state index in [0.29, 0.717) is 0 Å². The standard InChI is InChI=1S/C22H22O3/c1-15-9-18(17-5-7-19(23-3)8-6-17)13-21(11-15)25-22-12-16(2)10-20(14-22)24-4/h5-14H,1-4H3. The smallest absolute Gasteiger partial charge is 0.131 e. The van der Waals surface area contributed by atoms with Gasteiger partial charge < -0.3 is 14.2 Å². The minimum Gasteiger partial charge on any atom is -0.497 e. The molecule has 0 heterocycles. The van der Waals surface area contributed by atoms with Crippen LogP contribution in [0, 0.1) is 13.8 Å². The topological polar surface area (TPSA) is 27.7 Å². The first-order chi connectivity index (χ1) is 12.1. The molecule has 0 aliphatic carbocycles. The molecule has 0 N–H and O–H groups in total. The molecule has 0 spiro atoms. The molecule has 0 unspecified atom stereocenters. The average molecular weight is 334 g/mol. The molecule has 3 nitrogen and oxygen atoms in total. The van der Waals surface area contributed by atoms with Crippen molar-refractivity contribution < 1.29 is 14.2 Å². The van der Waals surface area contributed by atoms with Crippen LogP contribution in [0.2, 0.25) is 0 Å². The number of hydrogen-bond acceptors (Lipinski definition) is 3. The zero-order valence-corrected chi connectivity index (χ0v) is 15.0. The maximum atomic E-state index is 6.08. The molecule has 3 heteroatoms. The van der Waals surface area contributed by atoms with Gasteiger partial charge in [-0.25, -0.2) is 0 Å². The van der Waals surface area contributed by atoms with Gasteiger partial charge in [-0.1, -0.05) is 18.2 Å². The van der Waals surface area contributed by atoms with E-state index in [4.69, 9.17) is 14.2 Å². The largest absolute Gasteiger partial charge is 0.497 e. The number of rotatable bonds is 5. The Morgan fingerprint density at radius 3 is 1.72 bits per heavy atom. The molecule has 0 aliphatic heterocycles. The molecule has 0 atom stereocenters. The third kappa shape index (κ3) is 4.13. The molecule has 3 aromatic carbocycles. The SMILES string of the molecule is COc1ccc(-c2cc(C)cc(Oc3cc(C)cc(OC)c3)c2)cc1. The zero-order valence-electron chi connectivity index (χ0n) is 15.0. The molecule has 0 bridgehead atoms. The molecule has 0 radical (unpaired) electrons. The Kier molecular flexibility index (Phi) is 4.94. The highest BCUT2D eigenvalue weighted by molar-refractivity contribution is 5.67. The van der Waals surface area contributed by atoms with E-state index in [1.165, 1.54) is 0 Å². The lowest BCUT2D eigenvalue weighted by atomic mass is 10.0. The summed E-state index contributed by atoms with van der Waals surface area (Å²) < 4.78 is 16.6. The number of ether oxygens (including phenoxy) is 3. The lowest BCUT2D eigenvalue weighted by Gasteiger charge is -2.12. The van der Waals surface area contributed by atoms with Crippen LogP contribution in [0.15, 0.2) is 60.7 Å². The van der Waals surface area contributed by atoms with E-state index in [0.717, 1.165) is 45.3 Å². The first-order valence-electron chi connectivity index (χ1n) is 8.17. The van der Waals surface area contributed by atoms with Gasteiger partial charge in [0.1, 0.15) is 23.0 Å². The molecule has 0 aliphatic rings. The van der Waals surface area contributed by atoms with Crippen molar-refractivity contribution >= 4 is 0 Å². The normalized spacial score (nSPS) is 10.4. The Hall–Kier alpha value is -2.94. The van der Waals surface area contributed by atoms with Crippen molar-refractivity contribution in [3.63, 3.8) is 0 Å². The van der Waals surface area contributed by atoms with Crippen molar-refractivity contribution in [3.05, 3.63) is 71.8 Å². The number of methoxy groups -OCH3 is 2. The molecule has 0 fully saturated rings. The molecule has 0 saturated heterocycles. The van der Waals surface area contributed by atoms with E-state index in [2.05, 4.69) is 13.0 Å². The highest BCUT2D eigenvalue weighted by atomic mass is 16.5. The second-order valence-electron chi connectivity index (χ2n) is 6.05.